The quantitative estimate of drug-likeness (QED) is 0.762. The molecule has 1 aromatic heterocycles. The number of H-pyrrole nitrogens is 1. The zero-order valence-corrected chi connectivity index (χ0v) is 8.69. The predicted molar refractivity (Wildman–Crippen MR) is 56.4 cm³/mol. The van der Waals surface area contributed by atoms with Gasteiger partial charge >= 0.3 is 0 Å². The third-order valence-electron chi connectivity index (χ3n) is 3.00. The Morgan fingerprint density at radius 2 is 1.82 bits per heavy atom. The molecule has 88 valence electrons. The number of hydrogen-bond donors (Lipinski definition) is 1. The van der Waals surface area contributed by atoms with Crippen molar-refractivity contribution < 1.29 is 13.2 Å². The van der Waals surface area contributed by atoms with Gasteiger partial charge in [0.15, 0.2) is 22.9 Å². The maximum Gasteiger partial charge on any atom is 0.196 e. The Labute approximate surface area is 94.1 Å². The van der Waals surface area contributed by atoms with Crippen molar-refractivity contribution in [3.8, 4) is 0 Å². The maximum atomic E-state index is 13.5. The van der Waals surface area contributed by atoms with Crippen LogP contribution in [-0.4, -0.2) is 4.98 Å². The molecule has 5 heteroatoms. The number of benzene rings is 1. The lowest BCUT2D eigenvalue weighted by atomic mass is 10.1. The first kappa shape index (κ1) is 10.4. The summed E-state index contributed by atoms with van der Waals surface area (Å²) in [5.41, 5.74) is -0.149. The molecule has 0 bridgehead atoms. The van der Waals surface area contributed by atoms with Gasteiger partial charge in [-0.3, -0.25) is 4.79 Å². The Hall–Kier alpha value is -1.78. The fourth-order valence-electron chi connectivity index (χ4n) is 1.93. The van der Waals surface area contributed by atoms with Crippen molar-refractivity contribution in [2.45, 2.75) is 18.8 Å². The molecule has 0 aliphatic heterocycles. The molecule has 2 aromatic rings. The molecule has 1 fully saturated rings. The van der Waals surface area contributed by atoms with E-state index in [1.165, 1.54) is 6.07 Å². The number of halogens is 3. The summed E-state index contributed by atoms with van der Waals surface area (Å²) in [7, 11) is 0. The number of rotatable bonds is 1. The van der Waals surface area contributed by atoms with Crippen molar-refractivity contribution in [3.63, 3.8) is 0 Å². The van der Waals surface area contributed by atoms with E-state index >= 15 is 0 Å². The SMILES string of the molecule is O=c1cc(C2CC2)[nH]c2c(F)c(F)c(F)cc12. The fraction of sp³-hybridized carbons (Fsp3) is 0.250. The Balaban J connectivity index is 2.40. The van der Waals surface area contributed by atoms with Crippen molar-refractivity contribution in [2.24, 2.45) is 0 Å². The molecule has 17 heavy (non-hydrogen) atoms. The van der Waals surface area contributed by atoms with Crippen LogP contribution in [0.25, 0.3) is 10.9 Å². The van der Waals surface area contributed by atoms with Gasteiger partial charge in [0, 0.05) is 11.8 Å². The van der Waals surface area contributed by atoms with Gasteiger partial charge in [0.1, 0.15) is 0 Å². The summed E-state index contributed by atoms with van der Waals surface area (Å²) in [5.74, 6) is -4.03. The summed E-state index contributed by atoms with van der Waals surface area (Å²) in [6, 6.07) is 2.06. The van der Waals surface area contributed by atoms with Crippen LogP contribution in [-0.2, 0) is 0 Å². The Bertz CT molecular complexity index is 673. The normalized spacial score (nSPS) is 15.5. The molecule has 0 saturated heterocycles. The van der Waals surface area contributed by atoms with Gasteiger partial charge < -0.3 is 4.98 Å². The number of aromatic nitrogens is 1. The highest BCUT2D eigenvalue weighted by Gasteiger charge is 2.26. The summed E-state index contributed by atoms with van der Waals surface area (Å²) >= 11 is 0. The minimum Gasteiger partial charge on any atom is -0.355 e. The van der Waals surface area contributed by atoms with E-state index < -0.39 is 22.9 Å². The summed E-state index contributed by atoms with van der Waals surface area (Å²) in [4.78, 5) is 14.4. The van der Waals surface area contributed by atoms with Crippen LogP contribution in [0, 0.1) is 17.5 Å². The molecule has 0 atom stereocenters. The molecule has 1 aliphatic carbocycles. The van der Waals surface area contributed by atoms with E-state index in [1.54, 1.807) is 0 Å². The second-order valence-corrected chi connectivity index (χ2v) is 4.27. The first-order valence-corrected chi connectivity index (χ1v) is 5.28. The molecule has 1 aliphatic rings. The number of nitrogens with one attached hydrogen (secondary N) is 1. The largest absolute Gasteiger partial charge is 0.355 e. The van der Waals surface area contributed by atoms with E-state index in [0.29, 0.717) is 5.69 Å². The van der Waals surface area contributed by atoms with Crippen molar-refractivity contribution in [3.05, 3.63) is 45.5 Å². The molecule has 2 nitrogen and oxygen atoms in total. The van der Waals surface area contributed by atoms with E-state index in [2.05, 4.69) is 4.98 Å². The molecule has 3 rings (SSSR count). The number of pyridine rings is 1. The fourth-order valence-corrected chi connectivity index (χ4v) is 1.93. The molecule has 0 unspecified atom stereocenters. The molecule has 0 spiro atoms. The molecule has 1 saturated carbocycles. The first-order valence-electron chi connectivity index (χ1n) is 5.28. The number of fused-ring (bicyclic) bond motifs is 1. The topological polar surface area (TPSA) is 32.9 Å². The summed E-state index contributed by atoms with van der Waals surface area (Å²) in [6.07, 6.45) is 1.85. The van der Waals surface area contributed by atoms with Gasteiger partial charge in [-0.25, -0.2) is 13.2 Å². The zero-order chi connectivity index (χ0) is 12.2. The summed E-state index contributed by atoms with van der Waals surface area (Å²) in [5, 5.41) is -0.161. The second kappa shape index (κ2) is 3.35. The van der Waals surface area contributed by atoms with E-state index in [4.69, 9.17) is 0 Å². The predicted octanol–water partition coefficient (Wildman–Crippen LogP) is 2.82. The van der Waals surface area contributed by atoms with Crippen molar-refractivity contribution in [1.29, 1.82) is 0 Å². The van der Waals surface area contributed by atoms with Gasteiger partial charge in [0.05, 0.1) is 10.9 Å². The maximum absolute atomic E-state index is 13.5. The first-order chi connectivity index (χ1) is 8.08. The summed E-state index contributed by atoms with van der Waals surface area (Å²) in [6.45, 7) is 0. The van der Waals surface area contributed by atoms with Crippen molar-refractivity contribution in [1.82, 2.24) is 4.98 Å². The van der Waals surface area contributed by atoms with E-state index in [1.807, 2.05) is 0 Å². The van der Waals surface area contributed by atoms with Crippen LogP contribution in [0.4, 0.5) is 13.2 Å². The van der Waals surface area contributed by atoms with Gasteiger partial charge in [-0.15, -0.1) is 0 Å². The van der Waals surface area contributed by atoms with Crippen LogP contribution < -0.4 is 5.43 Å². The monoisotopic (exact) mass is 239 g/mol. The molecular formula is C12H8F3NO. The number of hydrogen-bond acceptors (Lipinski definition) is 1. The standard InChI is InChI=1S/C12H8F3NO/c13-7-3-6-9(17)4-8(5-1-2-5)16-12(6)11(15)10(7)14/h3-5H,1-2H2,(H,16,17). The van der Waals surface area contributed by atoms with E-state index in [0.717, 1.165) is 18.9 Å². The third-order valence-corrected chi connectivity index (χ3v) is 3.00. The highest BCUT2D eigenvalue weighted by Crippen LogP contribution is 2.39. The van der Waals surface area contributed by atoms with Crippen LogP contribution in [0.15, 0.2) is 16.9 Å². The van der Waals surface area contributed by atoms with Gasteiger partial charge in [-0.05, 0) is 24.8 Å². The molecule has 0 amide bonds. The van der Waals surface area contributed by atoms with Gasteiger partial charge in [-0.2, -0.15) is 0 Å². The van der Waals surface area contributed by atoms with Crippen molar-refractivity contribution >= 4 is 10.9 Å². The van der Waals surface area contributed by atoms with Crippen LogP contribution in [0.5, 0.6) is 0 Å². The van der Waals surface area contributed by atoms with E-state index in [-0.39, 0.29) is 16.8 Å². The third kappa shape index (κ3) is 1.53. The lowest BCUT2D eigenvalue weighted by Crippen LogP contribution is -2.08. The highest BCUT2D eigenvalue weighted by molar-refractivity contribution is 5.79. The average Bonchev–Trinajstić information content (AvgIpc) is 3.11. The zero-order valence-electron chi connectivity index (χ0n) is 8.69. The minimum absolute atomic E-state index is 0.161. The lowest BCUT2D eigenvalue weighted by molar-refractivity contribution is 0.452. The lowest BCUT2D eigenvalue weighted by Gasteiger charge is -2.05. The van der Waals surface area contributed by atoms with E-state index in [9.17, 15) is 18.0 Å². The van der Waals surface area contributed by atoms with Gasteiger partial charge in [-0.1, -0.05) is 0 Å². The van der Waals surface area contributed by atoms with Gasteiger partial charge in [0.2, 0.25) is 0 Å². The molecule has 1 heterocycles. The Morgan fingerprint density at radius 3 is 2.47 bits per heavy atom. The number of aromatic amines is 1. The molecule has 1 N–H and O–H groups in total. The molecule has 0 radical (unpaired) electrons. The molecular weight excluding hydrogens is 231 g/mol. The smallest absolute Gasteiger partial charge is 0.196 e. The average molecular weight is 239 g/mol. The molecule has 1 aromatic carbocycles. The Kier molecular flexibility index (Phi) is 2.05. The highest BCUT2D eigenvalue weighted by atomic mass is 19.2. The van der Waals surface area contributed by atoms with Crippen LogP contribution in [0.2, 0.25) is 0 Å². The van der Waals surface area contributed by atoms with Gasteiger partial charge in [0.25, 0.3) is 0 Å². The van der Waals surface area contributed by atoms with Crippen molar-refractivity contribution in [2.75, 3.05) is 0 Å². The second-order valence-electron chi connectivity index (χ2n) is 4.27. The minimum atomic E-state index is -1.55. The van der Waals surface area contributed by atoms with Crippen LogP contribution >= 0.6 is 0 Å². The summed E-state index contributed by atoms with van der Waals surface area (Å²) < 4.78 is 39.6. The van der Waals surface area contributed by atoms with Crippen LogP contribution in [0.1, 0.15) is 24.5 Å². The van der Waals surface area contributed by atoms with Crippen LogP contribution in [0.3, 0.4) is 0 Å². The Morgan fingerprint density at radius 1 is 1.12 bits per heavy atom.